The van der Waals surface area contributed by atoms with Crippen LogP contribution in [-0.4, -0.2) is 46.2 Å². The van der Waals surface area contributed by atoms with Crippen molar-refractivity contribution in [3.8, 4) is 0 Å². The van der Waals surface area contributed by atoms with Crippen LogP contribution in [0, 0.1) is 0 Å². The summed E-state index contributed by atoms with van der Waals surface area (Å²) in [6, 6.07) is 0. The number of piperidine rings is 1. The van der Waals surface area contributed by atoms with Crippen LogP contribution < -0.4 is 0 Å². The van der Waals surface area contributed by atoms with Crippen molar-refractivity contribution in [3.63, 3.8) is 0 Å². The van der Waals surface area contributed by atoms with Gasteiger partial charge in [-0.15, -0.1) is 0 Å². The third kappa shape index (κ3) is 5.49. The van der Waals surface area contributed by atoms with E-state index in [0.29, 0.717) is 45.2 Å². The first kappa shape index (κ1) is 17.0. The number of hydrogen-bond acceptors (Lipinski definition) is 4. The van der Waals surface area contributed by atoms with Crippen molar-refractivity contribution in [2.24, 2.45) is 0 Å². The Balaban J connectivity index is 2.42. The van der Waals surface area contributed by atoms with Crippen LogP contribution in [0.1, 0.15) is 59.8 Å². The van der Waals surface area contributed by atoms with Crippen molar-refractivity contribution in [1.29, 1.82) is 0 Å². The minimum Gasteiger partial charge on any atom is -0.444 e. The Hall–Kier alpha value is -1.10. The van der Waals surface area contributed by atoms with Gasteiger partial charge in [-0.05, 0) is 40.0 Å². The first-order valence-corrected chi connectivity index (χ1v) is 7.37. The number of ketones is 1. The minimum atomic E-state index is -0.816. The van der Waals surface area contributed by atoms with Gasteiger partial charge in [-0.2, -0.15) is 0 Å². The topological polar surface area (TPSA) is 66.8 Å². The maximum atomic E-state index is 11.9. The summed E-state index contributed by atoms with van der Waals surface area (Å²) in [7, 11) is 0. The highest BCUT2D eigenvalue weighted by atomic mass is 16.6. The van der Waals surface area contributed by atoms with Crippen LogP contribution in [0.2, 0.25) is 0 Å². The summed E-state index contributed by atoms with van der Waals surface area (Å²) in [6.45, 7) is 8.29. The van der Waals surface area contributed by atoms with Gasteiger partial charge in [-0.25, -0.2) is 4.79 Å². The molecule has 1 aliphatic rings. The molecule has 0 saturated carbocycles. The second-order valence-corrected chi connectivity index (χ2v) is 6.58. The lowest BCUT2D eigenvalue weighted by Crippen LogP contribution is -2.48. The zero-order valence-electron chi connectivity index (χ0n) is 13.1. The molecular formula is C15H27NO4. The van der Waals surface area contributed by atoms with E-state index in [-0.39, 0.29) is 11.9 Å². The predicted molar refractivity (Wildman–Crippen MR) is 76.5 cm³/mol. The first-order valence-electron chi connectivity index (χ1n) is 7.37. The largest absolute Gasteiger partial charge is 0.444 e. The number of ether oxygens (including phenoxy) is 1. The molecule has 0 aromatic rings. The normalized spacial score (nSPS) is 18.8. The summed E-state index contributed by atoms with van der Waals surface area (Å²) in [4.78, 5) is 24.9. The maximum absolute atomic E-state index is 11.9. The maximum Gasteiger partial charge on any atom is 0.410 e. The molecule has 116 valence electrons. The van der Waals surface area contributed by atoms with Crippen LogP contribution in [0.25, 0.3) is 0 Å². The first-order chi connectivity index (χ1) is 9.15. The molecule has 1 saturated heterocycles. The van der Waals surface area contributed by atoms with Gasteiger partial charge in [0.25, 0.3) is 0 Å². The van der Waals surface area contributed by atoms with Crippen LogP contribution >= 0.6 is 0 Å². The van der Waals surface area contributed by atoms with Gasteiger partial charge >= 0.3 is 6.09 Å². The molecule has 1 aliphatic heterocycles. The van der Waals surface area contributed by atoms with Gasteiger partial charge < -0.3 is 14.7 Å². The zero-order valence-corrected chi connectivity index (χ0v) is 13.1. The van der Waals surface area contributed by atoms with E-state index >= 15 is 0 Å². The lowest BCUT2D eigenvalue weighted by molar-refractivity contribution is -0.120. The van der Waals surface area contributed by atoms with Crippen LogP contribution in [0.5, 0.6) is 0 Å². The Morgan fingerprint density at radius 3 is 2.25 bits per heavy atom. The Morgan fingerprint density at radius 1 is 1.25 bits per heavy atom. The van der Waals surface area contributed by atoms with Crippen LogP contribution in [0.3, 0.4) is 0 Å². The van der Waals surface area contributed by atoms with E-state index in [0.717, 1.165) is 0 Å². The van der Waals surface area contributed by atoms with Gasteiger partial charge in [0, 0.05) is 25.9 Å². The standard InChI is InChI=1S/C15H27NO4/c1-5-12(17)6-7-15(19)8-10-16(11-9-15)13(18)20-14(2,3)4/h19H,5-11H2,1-4H3. The highest BCUT2D eigenvalue weighted by Gasteiger charge is 2.35. The third-order valence-corrected chi connectivity index (χ3v) is 3.61. The number of Topliss-reactive ketones (excluding diaryl/α,β-unsaturated/α-hetero) is 1. The van der Waals surface area contributed by atoms with Crippen molar-refractivity contribution < 1.29 is 19.4 Å². The monoisotopic (exact) mass is 285 g/mol. The van der Waals surface area contributed by atoms with Gasteiger partial charge in [-0.1, -0.05) is 6.92 Å². The molecule has 0 atom stereocenters. The summed E-state index contributed by atoms with van der Waals surface area (Å²) < 4.78 is 5.31. The molecular weight excluding hydrogens is 258 g/mol. The number of hydrogen-bond donors (Lipinski definition) is 1. The molecule has 0 aromatic heterocycles. The minimum absolute atomic E-state index is 0.174. The second-order valence-electron chi connectivity index (χ2n) is 6.58. The summed E-state index contributed by atoms with van der Waals surface area (Å²) in [5.41, 5.74) is -1.32. The van der Waals surface area contributed by atoms with Gasteiger partial charge in [-0.3, -0.25) is 4.79 Å². The molecule has 1 fully saturated rings. The van der Waals surface area contributed by atoms with Crippen molar-refractivity contribution in [2.75, 3.05) is 13.1 Å². The molecule has 1 rings (SSSR count). The number of likely N-dealkylation sites (tertiary alicyclic amines) is 1. The summed E-state index contributed by atoms with van der Waals surface area (Å²) >= 11 is 0. The molecule has 0 aliphatic carbocycles. The smallest absolute Gasteiger partial charge is 0.410 e. The van der Waals surface area contributed by atoms with Crippen molar-refractivity contribution in [2.45, 2.75) is 71.0 Å². The van der Waals surface area contributed by atoms with E-state index in [1.165, 1.54) is 0 Å². The molecule has 1 amide bonds. The summed E-state index contributed by atoms with van der Waals surface area (Å²) in [6.07, 6.45) is 2.10. The summed E-state index contributed by atoms with van der Waals surface area (Å²) in [5, 5.41) is 10.4. The zero-order chi connectivity index (χ0) is 15.4. The number of carbonyl (C=O) groups excluding carboxylic acids is 2. The van der Waals surface area contributed by atoms with Gasteiger partial charge in [0.05, 0.1) is 5.60 Å². The summed E-state index contributed by atoms with van der Waals surface area (Å²) in [5.74, 6) is 0.174. The van der Waals surface area contributed by atoms with Gasteiger partial charge in [0.2, 0.25) is 0 Å². The number of amides is 1. The number of rotatable bonds is 4. The molecule has 0 bridgehead atoms. The Morgan fingerprint density at radius 2 is 1.80 bits per heavy atom. The van der Waals surface area contributed by atoms with Crippen LogP contribution in [0.4, 0.5) is 4.79 Å². The van der Waals surface area contributed by atoms with E-state index in [9.17, 15) is 14.7 Å². The van der Waals surface area contributed by atoms with E-state index in [4.69, 9.17) is 4.74 Å². The lowest BCUT2D eigenvalue weighted by Gasteiger charge is -2.38. The number of aliphatic hydroxyl groups is 1. The van der Waals surface area contributed by atoms with Gasteiger partial charge in [0.1, 0.15) is 11.4 Å². The molecule has 0 radical (unpaired) electrons. The molecule has 0 spiro atoms. The predicted octanol–water partition coefficient (Wildman–Crippen LogP) is 2.51. The van der Waals surface area contributed by atoms with Crippen LogP contribution in [-0.2, 0) is 9.53 Å². The van der Waals surface area contributed by atoms with Crippen molar-refractivity contribution in [1.82, 2.24) is 4.90 Å². The highest BCUT2D eigenvalue weighted by molar-refractivity contribution is 5.78. The second kappa shape index (κ2) is 6.57. The fourth-order valence-electron chi connectivity index (χ4n) is 2.23. The number of nitrogens with zero attached hydrogens (tertiary/aromatic N) is 1. The van der Waals surface area contributed by atoms with Crippen molar-refractivity contribution >= 4 is 11.9 Å². The molecule has 1 N–H and O–H groups in total. The third-order valence-electron chi connectivity index (χ3n) is 3.61. The van der Waals surface area contributed by atoms with Gasteiger partial charge in [0.15, 0.2) is 0 Å². The molecule has 0 unspecified atom stereocenters. The molecule has 0 aromatic carbocycles. The molecule has 1 heterocycles. The molecule has 5 nitrogen and oxygen atoms in total. The van der Waals surface area contributed by atoms with E-state index in [2.05, 4.69) is 0 Å². The molecule has 5 heteroatoms. The SMILES string of the molecule is CCC(=O)CCC1(O)CCN(C(=O)OC(C)(C)C)CC1. The molecule has 20 heavy (non-hydrogen) atoms. The van der Waals surface area contributed by atoms with Crippen molar-refractivity contribution in [3.05, 3.63) is 0 Å². The Labute approximate surface area is 121 Å². The quantitative estimate of drug-likeness (QED) is 0.862. The Bertz CT molecular complexity index is 351. The Kier molecular flexibility index (Phi) is 5.57. The average Bonchev–Trinajstić information content (AvgIpc) is 2.34. The van der Waals surface area contributed by atoms with Crippen LogP contribution in [0.15, 0.2) is 0 Å². The highest BCUT2D eigenvalue weighted by Crippen LogP contribution is 2.28. The fourth-order valence-corrected chi connectivity index (χ4v) is 2.23. The van der Waals surface area contributed by atoms with E-state index in [1.54, 1.807) is 4.90 Å². The fraction of sp³-hybridized carbons (Fsp3) is 0.867. The van der Waals surface area contributed by atoms with E-state index < -0.39 is 11.2 Å². The number of carbonyl (C=O) groups is 2. The lowest BCUT2D eigenvalue weighted by atomic mass is 9.86. The van der Waals surface area contributed by atoms with E-state index in [1.807, 2.05) is 27.7 Å². The average molecular weight is 285 g/mol.